The fraction of sp³-hybridized carbons (Fsp3) is 0.684. The predicted molar refractivity (Wildman–Crippen MR) is 111 cm³/mol. The smallest absolute Gasteiger partial charge is 0.191 e. The van der Waals surface area contributed by atoms with Crippen LogP contribution in [0.5, 0.6) is 0 Å². The van der Waals surface area contributed by atoms with Crippen LogP contribution in [0, 0.1) is 0 Å². The first-order valence-corrected chi connectivity index (χ1v) is 10.1. The van der Waals surface area contributed by atoms with Gasteiger partial charge in [-0.25, -0.2) is 4.98 Å². The first-order chi connectivity index (χ1) is 13.2. The lowest BCUT2D eigenvalue weighted by atomic mass is 10.3. The first kappa shape index (κ1) is 21.7. The number of rotatable bonds is 11. The lowest BCUT2D eigenvalue weighted by Crippen LogP contribution is -2.44. The second-order valence-corrected chi connectivity index (χ2v) is 6.86. The molecule has 1 fully saturated rings. The number of anilines is 1. The van der Waals surface area contributed by atoms with Crippen LogP contribution in [0.15, 0.2) is 23.3 Å². The molecule has 2 heterocycles. The molecule has 0 spiro atoms. The Morgan fingerprint density at radius 3 is 3.04 bits per heavy atom. The molecule has 2 rings (SSSR count). The molecule has 27 heavy (non-hydrogen) atoms. The summed E-state index contributed by atoms with van der Waals surface area (Å²) in [6, 6.07) is 4.07. The van der Waals surface area contributed by atoms with Crippen LogP contribution in [0.2, 0.25) is 5.02 Å². The van der Waals surface area contributed by atoms with Gasteiger partial charge in [0.05, 0.1) is 18.2 Å². The molecular formula is C19H32ClN5O2. The van der Waals surface area contributed by atoms with Crippen LogP contribution in [0.1, 0.15) is 26.2 Å². The number of hydrogen-bond donors (Lipinski definition) is 2. The molecule has 1 aliphatic heterocycles. The van der Waals surface area contributed by atoms with Crippen molar-refractivity contribution >= 4 is 23.4 Å². The molecule has 8 heteroatoms. The van der Waals surface area contributed by atoms with Crippen molar-refractivity contribution in [2.75, 3.05) is 58.0 Å². The van der Waals surface area contributed by atoms with Gasteiger partial charge in [0.25, 0.3) is 0 Å². The van der Waals surface area contributed by atoms with Gasteiger partial charge in [0.15, 0.2) is 5.96 Å². The molecular weight excluding hydrogens is 366 g/mol. The van der Waals surface area contributed by atoms with E-state index in [0.717, 1.165) is 63.8 Å². The highest BCUT2D eigenvalue weighted by Gasteiger charge is 2.25. The number of guanidine groups is 1. The summed E-state index contributed by atoms with van der Waals surface area (Å²) < 4.78 is 10.4. The van der Waals surface area contributed by atoms with Crippen LogP contribution < -0.4 is 15.5 Å². The second-order valence-electron chi connectivity index (χ2n) is 6.46. The third kappa shape index (κ3) is 7.91. The number of ether oxygens (including phenoxy) is 2. The molecule has 0 radical (unpaired) electrons. The molecule has 1 aliphatic rings. The lowest BCUT2D eigenvalue weighted by molar-refractivity contribution is 0.0690. The van der Waals surface area contributed by atoms with Crippen LogP contribution in [0.3, 0.4) is 0 Å². The number of pyridine rings is 1. The van der Waals surface area contributed by atoms with Crippen LogP contribution in [-0.4, -0.2) is 70.1 Å². The van der Waals surface area contributed by atoms with E-state index in [1.54, 1.807) is 13.3 Å². The van der Waals surface area contributed by atoms with E-state index >= 15 is 0 Å². The Kier molecular flexibility index (Phi) is 10.3. The number of halogens is 1. The maximum atomic E-state index is 6.27. The average Bonchev–Trinajstić information content (AvgIpc) is 3.12. The quantitative estimate of drug-likeness (QED) is 0.339. The molecule has 1 aromatic heterocycles. The zero-order chi connectivity index (χ0) is 19.3. The largest absolute Gasteiger partial charge is 0.382 e. The Balaban J connectivity index is 1.73. The topological polar surface area (TPSA) is 71.0 Å². The minimum atomic E-state index is 0.332. The number of unbranched alkanes of at least 4 members (excludes halogenated alkanes) is 1. The van der Waals surface area contributed by atoms with E-state index in [1.165, 1.54) is 0 Å². The van der Waals surface area contributed by atoms with Crippen LogP contribution >= 0.6 is 11.6 Å². The summed E-state index contributed by atoms with van der Waals surface area (Å²) in [6.07, 6.45) is 4.82. The minimum absolute atomic E-state index is 0.332. The SMILES string of the molecule is CCNC(=NCCCCOCCOC)NC1CCN(c2ncccc2Cl)C1. The first-order valence-electron chi connectivity index (χ1n) is 9.71. The summed E-state index contributed by atoms with van der Waals surface area (Å²) in [5, 5.41) is 7.56. The fourth-order valence-corrected chi connectivity index (χ4v) is 3.19. The van der Waals surface area contributed by atoms with Crippen molar-refractivity contribution < 1.29 is 9.47 Å². The van der Waals surface area contributed by atoms with Crippen molar-refractivity contribution in [1.29, 1.82) is 0 Å². The Morgan fingerprint density at radius 2 is 2.26 bits per heavy atom. The van der Waals surface area contributed by atoms with Gasteiger partial charge < -0.3 is 25.0 Å². The van der Waals surface area contributed by atoms with Crippen molar-refractivity contribution in [3.05, 3.63) is 23.4 Å². The van der Waals surface area contributed by atoms with E-state index in [2.05, 4.69) is 32.4 Å². The van der Waals surface area contributed by atoms with Gasteiger partial charge in [0.2, 0.25) is 0 Å². The number of hydrogen-bond acceptors (Lipinski definition) is 5. The van der Waals surface area contributed by atoms with Gasteiger partial charge in [-0.1, -0.05) is 11.6 Å². The highest BCUT2D eigenvalue weighted by atomic mass is 35.5. The molecule has 1 unspecified atom stereocenters. The highest BCUT2D eigenvalue weighted by molar-refractivity contribution is 6.32. The summed E-state index contributed by atoms with van der Waals surface area (Å²) in [4.78, 5) is 11.3. The molecule has 152 valence electrons. The third-order valence-electron chi connectivity index (χ3n) is 4.31. The summed E-state index contributed by atoms with van der Waals surface area (Å²) in [5.74, 6) is 1.73. The minimum Gasteiger partial charge on any atom is -0.382 e. The molecule has 0 saturated carbocycles. The molecule has 1 aromatic rings. The number of aliphatic imine (C=N–C) groups is 1. The number of nitrogens with zero attached hydrogens (tertiary/aromatic N) is 3. The molecule has 0 amide bonds. The molecule has 1 atom stereocenters. The van der Waals surface area contributed by atoms with E-state index < -0.39 is 0 Å². The van der Waals surface area contributed by atoms with Crippen molar-refractivity contribution in [1.82, 2.24) is 15.6 Å². The van der Waals surface area contributed by atoms with Gasteiger partial charge in [0.1, 0.15) is 5.82 Å². The van der Waals surface area contributed by atoms with Gasteiger partial charge in [-0.2, -0.15) is 0 Å². The van der Waals surface area contributed by atoms with Gasteiger partial charge in [-0.15, -0.1) is 0 Å². The number of nitrogens with one attached hydrogen (secondary N) is 2. The van der Waals surface area contributed by atoms with E-state index in [1.807, 2.05) is 12.1 Å². The molecule has 0 bridgehead atoms. The zero-order valence-electron chi connectivity index (χ0n) is 16.4. The summed E-state index contributed by atoms with van der Waals surface area (Å²) >= 11 is 6.27. The third-order valence-corrected chi connectivity index (χ3v) is 4.61. The van der Waals surface area contributed by atoms with Gasteiger partial charge >= 0.3 is 0 Å². The van der Waals surface area contributed by atoms with Gasteiger partial charge in [-0.3, -0.25) is 4.99 Å². The van der Waals surface area contributed by atoms with Crippen molar-refractivity contribution in [3.8, 4) is 0 Å². The average molecular weight is 398 g/mol. The Hall–Kier alpha value is -1.57. The van der Waals surface area contributed by atoms with E-state index in [9.17, 15) is 0 Å². The van der Waals surface area contributed by atoms with Gasteiger partial charge in [0, 0.05) is 52.1 Å². The zero-order valence-corrected chi connectivity index (χ0v) is 17.2. The normalized spacial score (nSPS) is 17.4. The maximum absolute atomic E-state index is 6.27. The monoisotopic (exact) mass is 397 g/mol. The summed E-state index contributed by atoms with van der Waals surface area (Å²) in [7, 11) is 1.68. The molecule has 1 saturated heterocycles. The number of methoxy groups -OCH3 is 1. The molecule has 7 nitrogen and oxygen atoms in total. The van der Waals surface area contributed by atoms with Crippen molar-refractivity contribution in [2.24, 2.45) is 4.99 Å². The maximum Gasteiger partial charge on any atom is 0.191 e. The van der Waals surface area contributed by atoms with Crippen LogP contribution in [-0.2, 0) is 9.47 Å². The van der Waals surface area contributed by atoms with Crippen LogP contribution in [0.25, 0.3) is 0 Å². The molecule has 2 N–H and O–H groups in total. The second kappa shape index (κ2) is 12.8. The number of aromatic nitrogens is 1. The Morgan fingerprint density at radius 1 is 1.37 bits per heavy atom. The van der Waals surface area contributed by atoms with E-state index in [4.69, 9.17) is 21.1 Å². The fourth-order valence-electron chi connectivity index (χ4n) is 2.94. The van der Waals surface area contributed by atoms with Crippen molar-refractivity contribution in [2.45, 2.75) is 32.2 Å². The molecule has 0 aromatic carbocycles. The molecule has 0 aliphatic carbocycles. The lowest BCUT2D eigenvalue weighted by Gasteiger charge is -2.20. The Bertz CT molecular complexity index is 573. The summed E-state index contributed by atoms with van der Waals surface area (Å²) in [6.45, 7) is 7.57. The van der Waals surface area contributed by atoms with E-state index in [0.29, 0.717) is 24.3 Å². The van der Waals surface area contributed by atoms with Crippen molar-refractivity contribution in [3.63, 3.8) is 0 Å². The predicted octanol–water partition coefficient (Wildman–Crippen LogP) is 2.31. The van der Waals surface area contributed by atoms with E-state index in [-0.39, 0.29) is 0 Å². The summed E-state index contributed by atoms with van der Waals surface area (Å²) in [5.41, 5.74) is 0. The highest BCUT2D eigenvalue weighted by Crippen LogP contribution is 2.25. The standard InChI is InChI=1S/C19H32ClN5O2/c1-3-21-19(23-9-4-5-12-27-14-13-26-2)24-16-8-11-25(15-16)18-17(20)7-6-10-22-18/h6-7,10,16H,3-5,8-9,11-15H2,1-2H3,(H2,21,23,24). The van der Waals surface area contributed by atoms with Gasteiger partial charge in [-0.05, 0) is 38.3 Å². The Labute approximate surface area is 167 Å². The van der Waals surface area contributed by atoms with Crippen LogP contribution in [0.4, 0.5) is 5.82 Å².